The lowest BCUT2D eigenvalue weighted by molar-refractivity contribution is -0.549. The van der Waals surface area contributed by atoms with Crippen molar-refractivity contribution < 1.29 is 14.5 Å². The third-order valence-corrected chi connectivity index (χ3v) is 2.85. The Balaban J connectivity index is 3.02. The van der Waals surface area contributed by atoms with Gasteiger partial charge in [-0.2, -0.15) is 4.79 Å². The van der Waals surface area contributed by atoms with Gasteiger partial charge in [0.25, 0.3) is 0 Å². The maximum absolute atomic E-state index is 11.0. The van der Waals surface area contributed by atoms with E-state index in [4.69, 9.17) is 5.53 Å². The van der Waals surface area contributed by atoms with Crippen LogP contribution < -0.4 is 0 Å². The topological polar surface area (TPSA) is 96.6 Å². The van der Waals surface area contributed by atoms with Crippen LogP contribution >= 0.6 is 0 Å². The van der Waals surface area contributed by atoms with Gasteiger partial charge in [0, 0.05) is 17.8 Å². The van der Waals surface area contributed by atoms with Gasteiger partial charge in [-0.15, -0.1) is 0 Å². The first-order valence-corrected chi connectivity index (χ1v) is 4.88. The molecule has 0 spiro atoms. The van der Waals surface area contributed by atoms with Crippen LogP contribution in [0.3, 0.4) is 0 Å². The van der Waals surface area contributed by atoms with Crippen molar-refractivity contribution in [2.75, 3.05) is 0 Å². The number of hydrogen-bond donors (Lipinski definition) is 0. The molecule has 0 aromatic carbocycles. The largest absolute Gasteiger partial charge is 0.361 e. The van der Waals surface area contributed by atoms with Crippen LogP contribution in [0.25, 0.3) is 5.53 Å². The quantitative estimate of drug-likeness (QED) is 0.230. The Kier molecular flexibility index (Phi) is 3.31. The molecule has 6 heteroatoms. The van der Waals surface area contributed by atoms with Crippen LogP contribution in [0.15, 0.2) is 0 Å². The Bertz CT molecular complexity index is 339. The highest BCUT2D eigenvalue weighted by molar-refractivity contribution is 6.02. The molecule has 0 N–H and O–H groups in total. The highest BCUT2D eigenvalue weighted by Gasteiger charge is 2.56. The second kappa shape index (κ2) is 4.31. The molecule has 6 nitrogen and oxygen atoms in total. The molecule has 0 bridgehead atoms. The standard InChI is InChI=1S/C9H13N3O3/c1-7(13)6-8(11-10)9(12(14)15)4-2-3-5-9/h2-6H2,1H3. The SMILES string of the molecule is CC(=O)CC(=[N+]=[N-])C1([N+](=O)[O-])CCCC1. The Labute approximate surface area is 87.0 Å². The first kappa shape index (κ1) is 11.5. The van der Waals surface area contributed by atoms with Crippen LogP contribution in [0.4, 0.5) is 0 Å². The van der Waals surface area contributed by atoms with Crippen molar-refractivity contribution in [3.8, 4) is 0 Å². The van der Waals surface area contributed by atoms with Crippen LogP contribution in [-0.4, -0.2) is 26.7 Å². The molecule has 1 fully saturated rings. The van der Waals surface area contributed by atoms with Crippen molar-refractivity contribution in [1.82, 2.24) is 0 Å². The fourth-order valence-electron chi connectivity index (χ4n) is 2.07. The average molecular weight is 211 g/mol. The van der Waals surface area contributed by atoms with E-state index in [2.05, 4.69) is 4.79 Å². The number of carbonyl (C=O) groups is 1. The zero-order valence-corrected chi connectivity index (χ0v) is 8.60. The molecular formula is C9H13N3O3. The summed E-state index contributed by atoms with van der Waals surface area (Å²) in [5.41, 5.74) is 7.47. The second-order valence-electron chi connectivity index (χ2n) is 3.92. The van der Waals surface area contributed by atoms with E-state index in [0.29, 0.717) is 12.8 Å². The smallest absolute Gasteiger partial charge is 0.352 e. The van der Waals surface area contributed by atoms with Crippen LogP contribution in [0.5, 0.6) is 0 Å². The van der Waals surface area contributed by atoms with E-state index in [1.165, 1.54) is 6.92 Å². The second-order valence-corrected chi connectivity index (χ2v) is 3.92. The predicted octanol–water partition coefficient (Wildman–Crippen LogP) is 1.23. The van der Waals surface area contributed by atoms with Gasteiger partial charge in [-0.1, -0.05) is 0 Å². The van der Waals surface area contributed by atoms with Crippen molar-refractivity contribution in [1.29, 1.82) is 0 Å². The average Bonchev–Trinajstić information content (AvgIpc) is 2.63. The summed E-state index contributed by atoms with van der Waals surface area (Å²) in [4.78, 5) is 24.5. The van der Waals surface area contributed by atoms with E-state index in [9.17, 15) is 14.9 Å². The fraction of sp³-hybridized carbons (Fsp3) is 0.778. The molecule has 0 heterocycles. The molecule has 1 aliphatic rings. The van der Waals surface area contributed by atoms with Crippen molar-refractivity contribution in [2.24, 2.45) is 0 Å². The lowest BCUT2D eigenvalue weighted by Gasteiger charge is -2.14. The maximum atomic E-state index is 11.0. The number of carbonyl (C=O) groups excluding carboxylic acids is 1. The Morgan fingerprint density at radius 2 is 2.07 bits per heavy atom. The van der Waals surface area contributed by atoms with Crippen molar-refractivity contribution in [3.63, 3.8) is 0 Å². The molecule has 0 saturated heterocycles. The highest BCUT2D eigenvalue weighted by atomic mass is 16.6. The molecule has 0 atom stereocenters. The summed E-state index contributed by atoms with van der Waals surface area (Å²) in [6.07, 6.45) is 2.03. The molecule has 0 radical (unpaired) electrons. The van der Waals surface area contributed by atoms with Crippen LogP contribution in [-0.2, 0) is 4.79 Å². The van der Waals surface area contributed by atoms with Gasteiger partial charge in [0.15, 0.2) is 0 Å². The Morgan fingerprint density at radius 3 is 2.40 bits per heavy atom. The van der Waals surface area contributed by atoms with Gasteiger partial charge in [0.05, 0.1) is 0 Å². The highest BCUT2D eigenvalue weighted by Crippen LogP contribution is 2.34. The van der Waals surface area contributed by atoms with Gasteiger partial charge in [-0.05, 0) is 19.8 Å². The lowest BCUT2D eigenvalue weighted by atomic mass is 9.89. The minimum absolute atomic E-state index is 0.00231. The number of ketones is 1. The number of nitrogens with zero attached hydrogens (tertiary/aromatic N) is 3. The van der Waals surface area contributed by atoms with Gasteiger partial charge in [0.1, 0.15) is 12.2 Å². The van der Waals surface area contributed by atoms with E-state index in [-0.39, 0.29) is 17.9 Å². The summed E-state index contributed by atoms with van der Waals surface area (Å²) in [7, 11) is 0. The minimum atomic E-state index is -1.31. The molecule has 1 aliphatic carbocycles. The van der Waals surface area contributed by atoms with E-state index >= 15 is 0 Å². The van der Waals surface area contributed by atoms with E-state index in [1.807, 2.05) is 0 Å². The molecule has 1 rings (SSSR count). The maximum Gasteiger partial charge on any atom is 0.352 e. The normalized spacial score (nSPS) is 18.2. The summed E-state index contributed by atoms with van der Waals surface area (Å²) in [6, 6.07) is 0. The zero-order chi connectivity index (χ0) is 11.5. The molecule has 0 aliphatic heterocycles. The first-order valence-electron chi connectivity index (χ1n) is 4.88. The zero-order valence-electron chi connectivity index (χ0n) is 8.60. The number of rotatable bonds is 4. The summed E-state index contributed by atoms with van der Waals surface area (Å²) in [6.45, 7) is 1.33. The fourth-order valence-corrected chi connectivity index (χ4v) is 2.07. The van der Waals surface area contributed by atoms with Crippen LogP contribution in [0.2, 0.25) is 0 Å². The molecule has 0 aromatic rings. The number of nitro groups is 1. The summed E-state index contributed by atoms with van der Waals surface area (Å²) in [5, 5.41) is 11.0. The predicted molar refractivity (Wildman–Crippen MR) is 52.1 cm³/mol. The summed E-state index contributed by atoms with van der Waals surface area (Å²) in [5.74, 6) is -0.226. The van der Waals surface area contributed by atoms with Crippen LogP contribution in [0.1, 0.15) is 39.0 Å². The first-order chi connectivity index (χ1) is 7.03. The lowest BCUT2D eigenvalue weighted by Crippen LogP contribution is -2.45. The number of Topliss-reactive ketones (excluding diaryl/α,β-unsaturated/α-hetero) is 1. The minimum Gasteiger partial charge on any atom is -0.361 e. The van der Waals surface area contributed by atoms with Gasteiger partial charge in [-0.3, -0.25) is 14.9 Å². The van der Waals surface area contributed by atoms with Gasteiger partial charge in [0.2, 0.25) is 0 Å². The Hall–Kier alpha value is -1.55. The van der Waals surface area contributed by atoms with Gasteiger partial charge >= 0.3 is 11.3 Å². The summed E-state index contributed by atoms with van der Waals surface area (Å²) >= 11 is 0. The summed E-state index contributed by atoms with van der Waals surface area (Å²) < 4.78 is 0. The van der Waals surface area contributed by atoms with Crippen molar-refractivity contribution >= 4 is 11.5 Å². The van der Waals surface area contributed by atoms with Crippen molar-refractivity contribution in [2.45, 2.75) is 44.6 Å². The van der Waals surface area contributed by atoms with E-state index < -0.39 is 10.5 Å². The molecule has 0 aromatic heterocycles. The van der Waals surface area contributed by atoms with E-state index in [1.54, 1.807) is 0 Å². The third-order valence-electron chi connectivity index (χ3n) is 2.85. The Morgan fingerprint density at radius 1 is 1.53 bits per heavy atom. The van der Waals surface area contributed by atoms with E-state index in [0.717, 1.165) is 12.8 Å². The molecule has 0 unspecified atom stereocenters. The van der Waals surface area contributed by atoms with Crippen molar-refractivity contribution in [3.05, 3.63) is 15.6 Å². The number of hydrogen-bond acceptors (Lipinski definition) is 3. The van der Waals surface area contributed by atoms with Gasteiger partial charge in [-0.25, -0.2) is 0 Å². The molecule has 1 saturated carbocycles. The third kappa shape index (κ3) is 2.10. The molecule has 82 valence electrons. The monoisotopic (exact) mass is 211 g/mol. The molecule has 0 amide bonds. The molecule has 15 heavy (non-hydrogen) atoms. The molecular weight excluding hydrogens is 198 g/mol. The van der Waals surface area contributed by atoms with Crippen LogP contribution in [0, 0.1) is 10.1 Å². The van der Waals surface area contributed by atoms with Gasteiger partial charge < -0.3 is 5.53 Å².